The first kappa shape index (κ1) is 27.4. The second kappa shape index (κ2) is 15.3. The molecule has 30 heavy (non-hydrogen) atoms. The van der Waals surface area contributed by atoms with Crippen molar-refractivity contribution in [3.63, 3.8) is 0 Å². The highest BCUT2D eigenvalue weighted by Crippen LogP contribution is 2.26. The molecule has 164 valence electrons. The Bertz CT molecular complexity index is 804. The largest absolute Gasteiger partial charge is 0.285 e. The Morgan fingerprint density at radius 2 is 1.77 bits per heavy atom. The van der Waals surface area contributed by atoms with Gasteiger partial charge in [-0.15, -0.1) is 0 Å². The van der Waals surface area contributed by atoms with E-state index in [0.29, 0.717) is 0 Å². The van der Waals surface area contributed by atoms with E-state index >= 15 is 0 Å². The lowest BCUT2D eigenvalue weighted by Crippen LogP contribution is -2.28. The number of hydrazine groups is 1. The molecule has 0 unspecified atom stereocenters. The minimum Gasteiger partial charge on any atom is -0.285 e. The maximum Gasteiger partial charge on any atom is 0.0505 e. The second-order valence-electron chi connectivity index (χ2n) is 7.11. The summed E-state index contributed by atoms with van der Waals surface area (Å²) in [5, 5.41) is 1.60. The molecule has 1 heterocycles. The van der Waals surface area contributed by atoms with E-state index in [9.17, 15) is 0 Å². The van der Waals surface area contributed by atoms with Gasteiger partial charge in [-0.05, 0) is 61.1 Å². The van der Waals surface area contributed by atoms with E-state index in [1.54, 1.807) is 5.01 Å². The molecule has 0 spiro atoms. The molecular weight excluding hydrogens is 364 g/mol. The van der Waals surface area contributed by atoms with Gasteiger partial charge in [-0.1, -0.05) is 102 Å². The summed E-state index contributed by atoms with van der Waals surface area (Å²) in [7, 11) is 0. The molecule has 0 fully saturated rings. The van der Waals surface area contributed by atoms with Crippen molar-refractivity contribution >= 4 is 5.57 Å². The highest BCUT2D eigenvalue weighted by Gasteiger charge is 2.11. The van der Waals surface area contributed by atoms with E-state index in [0.717, 1.165) is 24.2 Å². The summed E-state index contributed by atoms with van der Waals surface area (Å²) in [4.78, 5) is 0. The van der Waals surface area contributed by atoms with Crippen LogP contribution in [-0.4, -0.2) is 5.01 Å². The van der Waals surface area contributed by atoms with Crippen LogP contribution in [0.2, 0.25) is 0 Å². The van der Waals surface area contributed by atoms with Crippen LogP contribution in [0.3, 0.4) is 0 Å². The first-order chi connectivity index (χ1) is 14.3. The van der Waals surface area contributed by atoms with E-state index in [-0.39, 0.29) is 0 Å². The monoisotopic (exact) mass is 406 g/mol. The molecule has 0 radical (unpaired) electrons. The fraction of sp³-hybridized carbons (Fsp3) is 0.357. The maximum absolute atomic E-state index is 5.84. The molecule has 0 atom stereocenters. The normalized spacial score (nSPS) is 14.1. The fourth-order valence-corrected chi connectivity index (χ4v) is 2.71. The van der Waals surface area contributed by atoms with Gasteiger partial charge in [0.1, 0.15) is 0 Å². The lowest BCUT2D eigenvalue weighted by molar-refractivity contribution is 0.464. The number of hydrogen-bond donors (Lipinski definition) is 1. The molecule has 0 aromatic heterocycles. The minimum absolute atomic E-state index is 0.821. The molecular formula is C28H42N2. The number of benzene rings is 1. The Hall–Kier alpha value is -2.58. The summed E-state index contributed by atoms with van der Waals surface area (Å²) in [5.74, 6) is 5.84. The zero-order valence-electron chi connectivity index (χ0n) is 20.3. The number of allylic oxidation sites excluding steroid dienone is 9. The number of hydrogen-bond acceptors (Lipinski definition) is 2. The Morgan fingerprint density at radius 1 is 1.13 bits per heavy atom. The second-order valence-corrected chi connectivity index (χ2v) is 7.11. The number of nitrogens with zero attached hydrogens (tertiary/aromatic N) is 1. The van der Waals surface area contributed by atoms with Crippen LogP contribution in [-0.2, 0) is 6.42 Å². The topological polar surface area (TPSA) is 29.3 Å². The molecule has 3 rings (SSSR count). The van der Waals surface area contributed by atoms with Gasteiger partial charge in [-0.25, -0.2) is 5.84 Å². The quantitative estimate of drug-likeness (QED) is 0.513. The van der Waals surface area contributed by atoms with Crippen molar-refractivity contribution in [2.45, 2.75) is 67.7 Å². The number of aryl methyl sites for hydroxylation is 1. The SMILES string of the molecule is C=C(C)C1=CC=CC1.C=C1C=C(c2cccc(CC)c2)C=C(C)N1N.CC.CCC. The van der Waals surface area contributed by atoms with Crippen molar-refractivity contribution in [3.05, 3.63) is 101 Å². The predicted octanol–water partition coefficient (Wildman–Crippen LogP) is 8.13. The Kier molecular flexibility index (Phi) is 14.0. The van der Waals surface area contributed by atoms with E-state index < -0.39 is 0 Å². The van der Waals surface area contributed by atoms with E-state index in [1.165, 1.54) is 34.3 Å². The summed E-state index contributed by atoms with van der Waals surface area (Å²) < 4.78 is 0. The minimum atomic E-state index is 0.821. The summed E-state index contributed by atoms with van der Waals surface area (Å²) in [5.41, 5.74) is 8.12. The highest BCUT2D eigenvalue weighted by atomic mass is 15.4. The molecule has 0 bridgehead atoms. The highest BCUT2D eigenvalue weighted by molar-refractivity contribution is 5.78. The Morgan fingerprint density at radius 3 is 2.20 bits per heavy atom. The van der Waals surface area contributed by atoms with Crippen molar-refractivity contribution < 1.29 is 0 Å². The van der Waals surface area contributed by atoms with E-state index in [1.807, 2.05) is 33.8 Å². The lowest BCUT2D eigenvalue weighted by Gasteiger charge is -2.24. The van der Waals surface area contributed by atoms with Gasteiger partial charge in [0.25, 0.3) is 0 Å². The molecule has 2 aliphatic rings. The van der Waals surface area contributed by atoms with Gasteiger partial charge in [-0.2, -0.15) is 0 Å². The third kappa shape index (κ3) is 9.28. The van der Waals surface area contributed by atoms with Crippen LogP contribution in [0.4, 0.5) is 0 Å². The van der Waals surface area contributed by atoms with E-state index in [2.05, 4.69) is 82.5 Å². The van der Waals surface area contributed by atoms with Gasteiger partial charge in [-0.3, -0.25) is 5.01 Å². The van der Waals surface area contributed by atoms with Crippen LogP contribution in [0.5, 0.6) is 0 Å². The van der Waals surface area contributed by atoms with Crippen molar-refractivity contribution in [2.75, 3.05) is 0 Å². The third-order valence-electron chi connectivity index (χ3n) is 4.36. The predicted molar refractivity (Wildman–Crippen MR) is 137 cm³/mol. The van der Waals surface area contributed by atoms with Crippen molar-refractivity contribution in [3.8, 4) is 0 Å². The van der Waals surface area contributed by atoms with Gasteiger partial charge in [0.05, 0.1) is 5.70 Å². The van der Waals surface area contributed by atoms with Crippen molar-refractivity contribution in [1.29, 1.82) is 0 Å². The zero-order chi connectivity index (χ0) is 23.1. The van der Waals surface area contributed by atoms with Crippen LogP contribution in [0.25, 0.3) is 5.57 Å². The van der Waals surface area contributed by atoms with Crippen LogP contribution < -0.4 is 5.84 Å². The number of nitrogens with two attached hydrogens (primary N) is 1. The lowest BCUT2D eigenvalue weighted by atomic mass is 9.98. The smallest absolute Gasteiger partial charge is 0.0505 e. The molecule has 1 aliphatic carbocycles. The summed E-state index contributed by atoms with van der Waals surface area (Å²) in [6, 6.07) is 8.58. The molecule has 1 aliphatic heterocycles. The van der Waals surface area contributed by atoms with Crippen molar-refractivity contribution in [1.82, 2.24) is 5.01 Å². The summed E-state index contributed by atoms with van der Waals surface area (Å²) in [6.45, 7) is 22.2. The average molecular weight is 407 g/mol. The molecule has 0 saturated heterocycles. The first-order valence-corrected chi connectivity index (χ1v) is 11.1. The van der Waals surface area contributed by atoms with Gasteiger partial charge in [0, 0.05) is 5.70 Å². The van der Waals surface area contributed by atoms with Crippen LogP contribution in [0.15, 0.2) is 90.3 Å². The average Bonchev–Trinajstić information content (AvgIpc) is 3.30. The molecule has 0 amide bonds. The molecule has 1 aromatic carbocycles. The van der Waals surface area contributed by atoms with Crippen molar-refractivity contribution in [2.24, 2.45) is 5.84 Å². The van der Waals surface area contributed by atoms with Crippen LogP contribution in [0, 0.1) is 0 Å². The standard InChI is InChI=1S/C15H18N2.C8H10.C3H8.C2H6/c1-4-13-6-5-7-14(10-13)15-8-11(2)17(16)12(3)9-15;1-7(2)8-5-3-4-6-8;1-3-2;1-2/h5-10H,2,4,16H2,1,3H3;3-5H,1,6H2,2H3;3H2,1-2H3;1-2H3. The Balaban J connectivity index is 0.000000539. The molecule has 1 aromatic rings. The zero-order valence-corrected chi connectivity index (χ0v) is 20.3. The third-order valence-corrected chi connectivity index (χ3v) is 4.36. The van der Waals surface area contributed by atoms with Crippen LogP contribution >= 0.6 is 0 Å². The van der Waals surface area contributed by atoms with Gasteiger partial charge in [0.15, 0.2) is 0 Å². The van der Waals surface area contributed by atoms with Gasteiger partial charge < -0.3 is 0 Å². The maximum atomic E-state index is 5.84. The summed E-state index contributed by atoms with van der Waals surface area (Å²) in [6.07, 6.45) is 13.8. The van der Waals surface area contributed by atoms with Gasteiger partial charge in [0.2, 0.25) is 0 Å². The fourth-order valence-electron chi connectivity index (χ4n) is 2.71. The number of rotatable bonds is 3. The molecule has 2 heteroatoms. The van der Waals surface area contributed by atoms with Crippen LogP contribution in [0.1, 0.15) is 72.4 Å². The first-order valence-electron chi connectivity index (χ1n) is 11.1. The molecule has 0 saturated carbocycles. The van der Waals surface area contributed by atoms with E-state index in [4.69, 9.17) is 5.84 Å². The Labute approximate surface area is 185 Å². The molecule has 2 N–H and O–H groups in total. The van der Waals surface area contributed by atoms with Gasteiger partial charge >= 0.3 is 0 Å². The summed E-state index contributed by atoms with van der Waals surface area (Å²) >= 11 is 0. The molecule has 2 nitrogen and oxygen atoms in total.